The first-order valence-corrected chi connectivity index (χ1v) is 4.65. The van der Waals surface area contributed by atoms with Gasteiger partial charge in [-0.3, -0.25) is 0 Å². The van der Waals surface area contributed by atoms with Gasteiger partial charge in [-0.2, -0.15) is 0 Å². The molecular formula is C9H19NO2. The molecule has 0 radical (unpaired) electrons. The second-order valence-electron chi connectivity index (χ2n) is 3.72. The molecule has 3 N–H and O–H groups in total. The van der Waals surface area contributed by atoms with E-state index in [4.69, 9.17) is 10.5 Å². The van der Waals surface area contributed by atoms with Crippen LogP contribution in [-0.4, -0.2) is 30.5 Å². The van der Waals surface area contributed by atoms with Crippen LogP contribution in [-0.2, 0) is 4.74 Å². The van der Waals surface area contributed by atoms with Crippen LogP contribution in [0.25, 0.3) is 0 Å². The minimum absolute atomic E-state index is 0.232. The van der Waals surface area contributed by atoms with Crippen LogP contribution in [0.5, 0.6) is 0 Å². The van der Waals surface area contributed by atoms with Crippen LogP contribution in [0.3, 0.4) is 0 Å². The Bertz CT molecular complexity index is 136. The van der Waals surface area contributed by atoms with Crippen molar-refractivity contribution in [3.8, 4) is 0 Å². The molecule has 1 aliphatic carbocycles. The number of aliphatic hydroxyl groups is 1. The molecule has 0 aliphatic heterocycles. The van der Waals surface area contributed by atoms with Gasteiger partial charge in [-0.25, -0.2) is 0 Å². The van der Waals surface area contributed by atoms with E-state index in [0.29, 0.717) is 13.0 Å². The van der Waals surface area contributed by atoms with E-state index in [0.717, 1.165) is 25.7 Å². The molecule has 0 spiro atoms. The van der Waals surface area contributed by atoms with E-state index in [9.17, 15) is 5.11 Å². The van der Waals surface area contributed by atoms with Crippen LogP contribution < -0.4 is 5.73 Å². The number of methoxy groups -OCH3 is 1. The molecule has 72 valence electrons. The van der Waals surface area contributed by atoms with Crippen molar-refractivity contribution in [1.82, 2.24) is 0 Å². The van der Waals surface area contributed by atoms with Gasteiger partial charge in [0.15, 0.2) is 0 Å². The largest absolute Gasteiger partial charge is 0.390 e. The molecule has 0 aromatic rings. The molecule has 0 saturated heterocycles. The molecule has 2 unspecified atom stereocenters. The van der Waals surface area contributed by atoms with Crippen molar-refractivity contribution in [1.29, 1.82) is 0 Å². The summed E-state index contributed by atoms with van der Waals surface area (Å²) in [5.41, 5.74) is 4.88. The molecule has 12 heavy (non-hydrogen) atoms. The highest BCUT2D eigenvalue weighted by Gasteiger charge is 2.33. The van der Waals surface area contributed by atoms with Crippen LogP contribution in [0.1, 0.15) is 32.1 Å². The van der Waals surface area contributed by atoms with E-state index >= 15 is 0 Å². The number of nitrogens with two attached hydrogens (primary N) is 1. The maximum Gasteiger partial charge on any atom is 0.0684 e. The molecule has 0 amide bonds. The predicted molar refractivity (Wildman–Crippen MR) is 47.9 cm³/mol. The second kappa shape index (κ2) is 4.21. The van der Waals surface area contributed by atoms with Crippen LogP contribution in [0, 0.1) is 0 Å². The standard InChI is InChI=1S/C9H19NO2/c1-12-8-3-2-4-9(11,7-8)5-6-10/h8,11H,2-7,10H2,1H3. The molecule has 1 saturated carbocycles. The van der Waals surface area contributed by atoms with Crippen LogP contribution in [0.2, 0.25) is 0 Å². The third-order valence-corrected chi connectivity index (χ3v) is 2.72. The van der Waals surface area contributed by atoms with Crippen molar-refractivity contribution in [3.63, 3.8) is 0 Å². The zero-order valence-electron chi connectivity index (χ0n) is 7.75. The topological polar surface area (TPSA) is 55.5 Å². The van der Waals surface area contributed by atoms with Gasteiger partial charge in [-0.15, -0.1) is 0 Å². The maximum absolute atomic E-state index is 10.0. The zero-order chi connectivity index (χ0) is 9.03. The lowest BCUT2D eigenvalue weighted by atomic mass is 9.81. The van der Waals surface area contributed by atoms with Gasteiger partial charge in [0.25, 0.3) is 0 Å². The van der Waals surface area contributed by atoms with Crippen LogP contribution in [0.15, 0.2) is 0 Å². The molecule has 3 nitrogen and oxygen atoms in total. The normalized spacial score (nSPS) is 36.8. The third-order valence-electron chi connectivity index (χ3n) is 2.72. The Kier molecular flexibility index (Phi) is 3.50. The quantitative estimate of drug-likeness (QED) is 0.659. The highest BCUT2D eigenvalue weighted by atomic mass is 16.5. The number of rotatable bonds is 3. The fourth-order valence-electron chi connectivity index (χ4n) is 1.98. The molecule has 1 fully saturated rings. The first kappa shape index (κ1) is 9.96. The summed E-state index contributed by atoms with van der Waals surface area (Å²) in [6.45, 7) is 0.562. The molecule has 0 aromatic heterocycles. The minimum Gasteiger partial charge on any atom is -0.390 e. The van der Waals surface area contributed by atoms with Crippen molar-refractivity contribution < 1.29 is 9.84 Å². The Labute approximate surface area is 73.9 Å². The van der Waals surface area contributed by atoms with Crippen LogP contribution >= 0.6 is 0 Å². The molecular weight excluding hydrogens is 154 g/mol. The summed E-state index contributed by atoms with van der Waals surface area (Å²) in [7, 11) is 1.71. The van der Waals surface area contributed by atoms with E-state index in [1.54, 1.807) is 7.11 Å². The Morgan fingerprint density at radius 1 is 1.67 bits per heavy atom. The van der Waals surface area contributed by atoms with Crippen LogP contribution in [0.4, 0.5) is 0 Å². The van der Waals surface area contributed by atoms with Gasteiger partial charge in [0, 0.05) is 13.5 Å². The Morgan fingerprint density at radius 2 is 2.42 bits per heavy atom. The van der Waals surface area contributed by atoms with Gasteiger partial charge in [0.05, 0.1) is 11.7 Å². The predicted octanol–water partition coefficient (Wildman–Crippen LogP) is 0.655. The monoisotopic (exact) mass is 173 g/mol. The van der Waals surface area contributed by atoms with Gasteiger partial charge >= 0.3 is 0 Å². The summed E-state index contributed by atoms with van der Waals surface area (Å²) >= 11 is 0. The first-order valence-electron chi connectivity index (χ1n) is 4.65. The summed E-state index contributed by atoms with van der Waals surface area (Å²) in [5.74, 6) is 0. The van der Waals surface area contributed by atoms with Crippen molar-refractivity contribution >= 4 is 0 Å². The number of ether oxygens (including phenoxy) is 1. The maximum atomic E-state index is 10.0. The van der Waals surface area contributed by atoms with E-state index in [-0.39, 0.29) is 6.10 Å². The summed E-state index contributed by atoms with van der Waals surface area (Å²) in [5, 5.41) is 10.0. The average Bonchev–Trinajstić information content (AvgIpc) is 2.04. The SMILES string of the molecule is COC1CCCC(O)(CCN)C1. The van der Waals surface area contributed by atoms with E-state index in [1.165, 1.54) is 0 Å². The summed E-state index contributed by atoms with van der Waals surface area (Å²) in [6.07, 6.45) is 4.69. The number of hydrogen-bond donors (Lipinski definition) is 2. The lowest BCUT2D eigenvalue weighted by molar-refractivity contribution is -0.0617. The first-order chi connectivity index (χ1) is 5.70. The molecule has 1 aliphatic rings. The molecule has 0 heterocycles. The van der Waals surface area contributed by atoms with E-state index in [2.05, 4.69) is 0 Å². The molecule has 1 rings (SSSR count). The fourth-order valence-corrected chi connectivity index (χ4v) is 1.98. The molecule has 2 atom stereocenters. The van der Waals surface area contributed by atoms with Gasteiger partial charge in [0.1, 0.15) is 0 Å². The summed E-state index contributed by atoms with van der Waals surface area (Å²) in [6, 6.07) is 0. The fraction of sp³-hybridized carbons (Fsp3) is 1.00. The van der Waals surface area contributed by atoms with Gasteiger partial charge < -0.3 is 15.6 Å². The second-order valence-corrected chi connectivity index (χ2v) is 3.72. The van der Waals surface area contributed by atoms with Crippen molar-refractivity contribution in [2.75, 3.05) is 13.7 Å². The highest BCUT2D eigenvalue weighted by Crippen LogP contribution is 2.31. The van der Waals surface area contributed by atoms with Gasteiger partial charge in [-0.05, 0) is 32.2 Å². The lowest BCUT2D eigenvalue weighted by Gasteiger charge is -2.35. The summed E-state index contributed by atoms with van der Waals surface area (Å²) < 4.78 is 5.23. The lowest BCUT2D eigenvalue weighted by Crippen LogP contribution is -2.39. The van der Waals surface area contributed by atoms with Crippen molar-refractivity contribution in [3.05, 3.63) is 0 Å². The smallest absolute Gasteiger partial charge is 0.0684 e. The van der Waals surface area contributed by atoms with E-state index in [1.807, 2.05) is 0 Å². The Hall–Kier alpha value is -0.120. The number of hydrogen-bond acceptors (Lipinski definition) is 3. The summed E-state index contributed by atoms with van der Waals surface area (Å²) in [4.78, 5) is 0. The van der Waals surface area contributed by atoms with Gasteiger partial charge in [-0.1, -0.05) is 0 Å². The van der Waals surface area contributed by atoms with E-state index < -0.39 is 5.60 Å². The Morgan fingerprint density at radius 3 is 3.00 bits per heavy atom. The molecule has 3 heteroatoms. The molecule has 0 bridgehead atoms. The average molecular weight is 173 g/mol. The van der Waals surface area contributed by atoms with Crippen molar-refractivity contribution in [2.24, 2.45) is 5.73 Å². The minimum atomic E-state index is -0.548. The zero-order valence-corrected chi connectivity index (χ0v) is 7.75. The van der Waals surface area contributed by atoms with Gasteiger partial charge in [0.2, 0.25) is 0 Å². The Balaban J connectivity index is 2.43. The van der Waals surface area contributed by atoms with Crippen molar-refractivity contribution in [2.45, 2.75) is 43.8 Å². The highest BCUT2D eigenvalue weighted by molar-refractivity contribution is 4.86. The third kappa shape index (κ3) is 2.44. The molecule has 0 aromatic carbocycles.